The summed E-state index contributed by atoms with van der Waals surface area (Å²) < 4.78 is 1.87. The average molecular weight is 439 g/mol. The van der Waals surface area contributed by atoms with E-state index in [9.17, 15) is 4.79 Å². The number of benzene rings is 1. The summed E-state index contributed by atoms with van der Waals surface area (Å²) in [6.07, 6.45) is 6.53. The third kappa shape index (κ3) is 4.60. The van der Waals surface area contributed by atoms with Gasteiger partial charge in [0.1, 0.15) is 0 Å². The SMILES string of the molecule is Cc1ccc(-c2cn3nc(N4CCCC(C(=O)NCCN5CCCC5)C4)sc3n2)cc1. The molecule has 164 valence electrons. The van der Waals surface area contributed by atoms with Crippen molar-refractivity contribution in [1.82, 2.24) is 24.8 Å². The summed E-state index contributed by atoms with van der Waals surface area (Å²) in [5.74, 6) is 0.221. The van der Waals surface area contributed by atoms with E-state index in [-0.39, 0.29) is 11.8 Å². The molecule has 5 rings (SSSR count). The molecule has 1 aromatic carbocycles. The fourth-order valence-electron chi connectivity index (χ4n) is 4.53. The molecule has 1 atom stereocenters. The van der Waals surface area contributed by atoms with Crippen LogP contribution in [0.15, 0.2) is 30.5 Å². The molecule has 0 bridgehead atoms. The van der Waals surface area contributed by atoms with Gasteiger partial charge in [-0.2, -0.15) is 0 Å². The van der Waals surface area contributed by atoms with E-state index in [2.05, 4.69) is 46.3 Å². The minimum Gasteiger partial charge on any atom is -0.355 e. The van der Waals surface area contributed by atoms with E-state index in [0.717, 1.165) is 60.4 Å². The number of carbonyl (C=O) groups excluding carboxylic acids is 1. The Morgan fingerprint density at radius 3 is 2.74 bits per heavy atom. The lowest BCUT2D eigenvalue weighted by molar-refractivity contribution is -0.125. The van der Waals surface area contributed by atoms with Crippen LogP contribution in [0.5, 0.6) is 0 Å². The zero-order valence-electron chi connectivity index (χ0n) is 18.1. The Morgan fingerprint density at radius 1 is 1.16 bits per heavy atom. The van der Waals surface area contributed by atoms with Crippen LogP contribution >= 0.6 is 11.3 Å². The van der Waals surface area contributed by atoms with Crippen LogP contribution in [-0.4, -0.2) is 64.7 Å². The Balaban J connectivity index is 1.20. The molecule has 1 amide bonds. The molecule has 1 unspecified atom stereocenters. The number of aryl methyl sites for hydroxylation is 1. The Kier molecular flexibility index (Phi) is 5.91. The van der Waals surface area contributed by atoms with Crippen LogP contribution < -0.4 is 10.2 Å². The topological polar surface area (TPSA) is 65.8 Å². The number of imidazole rings is 1. The summed E-state index contributed by atoms with van der Waals surface area (Å²) in [4.78, 5) is 23.0. The van der Waals surface area contributed by atoms with E-state index in [1.165, 1.54) is 31.5 Å². The fraction of sp³-hybridized carbons (Fsp3) is 0.522. The standard InChI is InChI=1S/C23H30N6OS/c1-17-6-8-18(9-7-17)20-16-29-22(25-20)31-23(26-29)28-13-4-5-19(15-28)21(30)24-10-14-27-11-2-3-12-27/h6-9,16,19H,2-5,10-15H2,1H3,(H,24,30). The second-order valence-electron chi connectivity index (χ2n) is 8.73. The highest BCUT2D eigenvalue weighted by molar-refractivity contribution is 7.20. The first-order chi connectivity index (χ1) is 15.2. The molecule has 0 radical (unpaired) electrons. The Morgan fingerprint density at radius 2 is 1.97 bits per heavy atom. The summed E-state index contributed by atoms with van der Waals surface area (Å²) in [5, 5.41) is 8.88. The highest BCUT2D eigenvalue weighted by Crippen LogP contribution is 2.29. The number of nitrogens with one attached hydrogen (secondary N) is 1. The van der Waals surface area contributed by atoms with Crippen molar-refractivity contribution in [3.63, 3.8) is 0 Å². The molecule has 3 aromatic rings. The van der Waals surface area contributed by atoms with Gasteiger partial charge in [-0.25, -0.2) is 9.50 Å². The Labute approximate surface area is 187 Å². The monoisotopic (exact) mass is 438 g/mol. The molecule has 0 spiro atoms. The van der Waals surface area contributed by atoms with Gasteiger partial charge in [0.15, 0.2) is 0 Å². The van der Waals surface area contributed by atoms with Gasteiger partial charge in [-0.15, -0.1) is 5.10 Å². The molecule has 2 aromatic heterocycles. The maximum absolute atomic E-state index is 12.7. The number of hydrogen-bond donors (Lipinski definition) is 1. The van der Waals surface area contributed by atoms with Crippen molar-refractivity contribution >= 4 is 27.3 Å². The van der Waals surface area contributed by atoms with E-state index in [4.69, 9.17) is 10.1 Å². The molecule has 2 saturated heterocycles. The highest BCUT2D eigenvalue weighted by atomic mass is 32.1. The van der Waals surface area contributed by atoms with Gasteiger partial charge in [0, 0.05) is 31.7 Å². The number of carbonyl (C=O) groups is 1. The lowest BCUT2D eigenvalue weighted by atomic mass is 9.97. The zero-order valence-corrected chi connectivity index (χ0v) is 18.9. The molecular weight excluding hydrogens is 408 g/mol. The third-order valence-electron chi connectivity index (χ3n) is 6.37. The number of anilines is 1. The Hall–Kier alpha value is -2.45. The van der Waals surface area contributed by atoms with Crippen molar-refractivity contribution in [1.29, 1.82) is 0 Å². The number of aromatic nitrogens is 3. The fourth-order valence-corrected chi connectivity index (χ4v) is 5.45. The lowest BCUT2D eigenvalue weighted by Gasteiger charge is -2.31. The van der Waals surface area contributed by atoms with Crippen molar-refractivity contribution in [3.8, 4) is 11.3 Å². The molecule has 0 saturated carbocycles. The first-order valence-corrected chi connectivity index (χ1v) is 12.2. The van der Waals surface area contributed by atoms with E-state index >= 15 is 0 Å². The predicted octanol–water partition coefficient (Wildman–Crippen LogP) is 3.19. The van der Waals surface area contributed by atoms with Crippen molar-refractivity contribution in [2.45, 2.75) is 32.6 Å². The lowest BCUT2D eigenvalue weighted by Crippen LogP contribution is -2.44. The van der Waals surface area contributed by atoms with Crippen molar-refractivity contribution < 1.29 is 4.79 Å². The highest BCUT2D eigenvalue weighted by Gasteiger charge is 2.28. The second kappa shape index (κ2) is 8.96. The quantitative estimate of drug-likeness (QED) is 0.640. The van der Waals surface area contributed by atoms with Gasteiger partial charge in [0.05, 0.1) is 17.8 Å². The predicted molar refractivity (Wildman–Crippen MR) is 125 cm³/mol. The van der Waals surface area contributed by atoms with E-state index in [1.807, 2.05) is 10.7 Å². The zero-order chi connectivity index (χ0) is 21.2. The van der Waals surface area contributed by atoms with Gasteiger partial charge in [0.2, 0.25) is 16.0 Å². The van der Waals surface area contributed by atoms with Crippen LogP contribution in [0.2, 0.25) is 0 Å². The third-order valence-corrected chi connectivity index (χ3v) is 7.35. The largest absolute Gasteiger partial charge is 0.355 e. The summed E-state index contributed by atoms with van der Waals surface area (Å²) >= 11 is 1.60. The van der Waals surface area contributed by atoms with Gasteiger partial charge in [-0.1, -0.05) is 41.2 Å². The van der Waals surface area contributed by atoms with Crippen LogP contribution in [0, 0.1) is 12.8 Å². The van der Waals surface area contributed by atoms with E-state index in [0.29, 0.717) is 0 Å². The van der Waals surface area contributed by atoms with E-state index in [1.54, 1.807) is 11.3 Å². The minimum absolute atomic E-state index is 0.0340. The smallest absolute Gasteiger partial charge is 0.224 e. The maximum Gasteiger partial charge on any atom is 0.224 e. The average Bonchev–Trinajstić information content (AvgIpc) is 3.51. The van der Waals surface area contributed by atoms with Gasteiger partial charge >= 0.3 is 0 Å². The Bertz CT molecular complexity index is 1000. The van der Waals surface area contributed by atoms with Crippen molar-refractivity contribution in [2.24, 2.45) is 5.92 Å². The van der Waals surface area contributed by atoms with Crippen LogP contribution in [0.25, 0.3) is 16.2 Å². The number of nitrogens with zero attached hydrogens (tertiary/aromatic N) is 5. The molecular formula is C23H30N6OS. The number of amides is 1. The number of rotatable bonds is 6. The van der Waals surface area contributed by atoms with Crippen LogP contribution in [0.4, 0.5) is 5.13 Å². The molecule has 1 N–H and O–H groups in total. The maximum atomic E-state index is 12.7. The second-order valence-corrected chi connectivity index (χ2v) is 9.66. The van der Waals surface area contributed by atoms with Gasteiger partial charge in [0.25, 0.3) is 0 Å². The molecule has 7 nitrogen and oxygen atoms in total. The van der Waals surface area contributed by atoms with Crippen LogP contribution in [0.1, 0.15) is 31.2 Å². The molecule has 2 aliphatic rings. The molecule has 31 heavy (non-hydrogen) atoms. The number of likely N-dealkylation sites (tertiary alicyclic amines) is 1. The number of hydrogen-bond acceptors (Lipinski definition) is 6. The summed E-state index contributed by atoms with van der Waals surface area (Å²) in [6.45, 7) is 7.83. The minimum atomic E-state index is 0.0340. The molecule has 2 aliphatic heterocycles. The summed E-state index contributed by atoms with van der Waals surface area (Å²) in [5.41, 5.74) is 3.29. The van der Waals surface area contributed by atoms with Gasteiger partial charge in [-0.05, 0) is 45.7 Å². The molecule has 8 heteroatoms. The first-order valence-electron chi connectivity index (χ1n) is 11.3. The van der Waals surface area contributed by atoms with Crippen LogP contribution in [-0.2, 0) is 4.79 Å². The molecule has 0 aliphatic carbocycles. The van der Waals surface area contributed by atoms with Crippen molar-refractivity contribution in [2.75, 3.05) is 44.2 Å². The van der Waals surface area contributed by atoms with Gasteiger partial charge < -0.3 is 15.1 Å². The first kappa shape index (κ1) is 20.5. The number of fused-ring (bicyclic) bond motifs is 1. The van der Waals surface area contributed by atoms with Crippen molar-refractivity contribution in [3.05, 3.63) is 36.0 Å². The van der Waals surface area contributed by atoms with E-state index < -0.39 is 0 Å². The summed E-state index contributed by atoms with van der Waals surface area (Å²) in [6, 6.07) is 8.40. The van der Waals surface area contributed by atoms with Crippen LogP contribution in [0.3, 0.4) is 0 Å². The molecule has 2 fully saturated rings. The van der Waals surface area contributed by atoms with Gasteiger partial charge in [-0.3, -0.25) is 4.79 Å². The number of piperidine rings is 1. The summed E-state index contributed by atoms with van der Waals surface area (Å²) in [7, 11) is 0. The molecule has 4 heterocycles. The normalized spacial score (nSPS) is 19.9.